The van der Waals surface area contributed by atoms with Gasteiger partial charge in [0.25, 0.3) is 0 Å². The highest BCUT2D eigenvalue weighted by molar-refractivity contribution is 6.30. The van der Waals surface area contributed by atoms with E-state index < -0.39 is 0 Å². The number of carbonyl (C=O) groups is 1. The van der Waals surface area contributed by atoms with Crippen molar-refractivity contribution < 1.29 is 4.79 Å². The van der Waals surface area contributed by atoms with E-state index in [-0.39, 0.29) is 17.7 Å². The number of fused-ring (bicyclic) bond motifs is 3. The molecule has 0 radical (unpaired) electrons. The van der Waals surface area contributed by atoms with Gasteiger partial charge in [-0.2, -0.15) is 0 Å². The van der Waals surface area contributed by atoms with Crippen LogP contribution in [0.2, 0.25) is 5.02 Å². The Labute approximate surface area is 184 Å². The zero-order valence-corrected chi connectivity index (χ0v) is 17.4. The van der Waals surface area contributed by atoms with Crippen molar-refractivity contribution in [3.8, 4) is 0 Å². The van der Waals surface area contributed by atoms with Gasteiger partial charge in [-0.3, -0.25) is 14.3 Å². The summed E-state index contributed by atoms with van der Waals surface area (Å²) in [6, 6.07) is 19.5. The Balaban J connectivity index is 1.52. The fourth-order valence-electron chi connectivity index (χ4n) is 4.87. The highest BCUT2D eigenvalue weighted by atomic mass is 35.5. The van der Waals surface area contributed by atoms with Gasteiger partial charge in [0.1, 0.15) is 0 Å². The van der Waals surface area contributed by atoms with E-state index in [1.165, 1.54) is 0 Å². The fourth-order valence-corrected chi connectivity index (χ4v) is 5.07. The van der Waals surface area contributed by atoms with E-state index >= 15 is 0 Å². The summed E-state index contributed by atoms with van der Waals surface area (Å²) in [5, 5.41) is 4.18. The number of aromatic nitrogens is 3. The second-order valence-corrected chi connectivity index (χ2v) is 8.52. The standard InChI is InChI=1S/C25H19ClN4O/c26-18-7-3-5-15(11-18)17-12-20-23(22(31)13-17)24(16-6-4-10-27-14-16)30-21-9-2-1-8-19(21)28-25(30)29-20/h1-11,14,17,24H,12-13H2,(H,28,29)/t17-,24-/m1/s1. The second-order valence-electron chi connectivity index (χ2n) is 8.08. The van der Waals surface area contributed by atoms with Crippen molar-refractivity contribution in [3.05, 3.63) is 100 Å². The third-order valence-corrected chi connectivity index (χ3v) is 6.45. The number of para-hydroxylation sites is 2. The highest BCUT2D eigenvalue weighted by Crippen LogP contribution is 2.45. The number of halogens is 1. The number of rotatable bonds is 2. The van der Waals surface area contributed by atoms with Crippen molar-refractivity contribution in [1.82, 2.24) is 14.5 Å². The molecule has 0 bridgehead atoms. The summed E-state index contributed by atoms with van der Waals surface area (Å²) >= 11 is 6.22. The molecule has 0 spiro atoms. The quantitative estimate of drug-likeness (QED) is 0.459. The lowest BCUT2D eigenvalue weighted by Gasteiger charge is -2.36. The first-order valence-electron chi connectivity index (χ1n) is 10.3. The summed E-state index contributed by atoms with van der Waals surface area (Å²) in [6.45, 7) is 0. The molecule has 0 unspecified atom stereocenters. The van der Waals surface area contributed by atoms with Crippen molar-refractivity contribution in [2.45, 2.75) is 24.8 Å². The molecule has 1 aliphatic heterocycles. The lowest BCUT2D eigenvalue weighted by Crippen LogP contribution is -2.33. The van der Waals surface area contributed by atoms with Crippen LogP contribution in [0.4, 0.5) is 5.95 Å². The molecule has 6 rings (SSSR count). The number of benzene rings is 2. The van der Waals surface area contributed by atoms with Gasteiger partial charge in [0, 0.05) is 35.1 Å². The first-order valence-corrected chi connectivity index (χ1v) is 10.7. The van der Waals surface area contributed by atoms with Gasteiger partial charge >= 0.3 is 0 Å². The molecule has 2 aliphatic rings. The van der Waals surface area contributed by atoms with Gasteiger partial charge in [-0.05, 0) is 53.8 Å². The predicted molar refractivity (Wildman–Crippen MR) is 121 cm³/mol. The maximum Gasteiger partial charge on any atom is 0.209 e. The number of hydrogen-bond acceptors (Lipinski definition) is 4. The van der Waals surface area contributed by atoms with Crippen LogP contribution in [0.25, 0.3) is 11.0 Å². The summed E-state index contributed by atoms with van der Waals surface area (Å²) < 4.78 is 2.13. The number of Topliss-reactive ketones (excluding diaryl/α,β-unsaturated/α-hetero) is 1. The van der Waals surface area contributed by atoms with Gasteiger partial charge in [-0.15, -0.1) is 0 Å². The van der Waals surface area contributed by atoms with Crippen molar-refractivity contribution in [2.75, 3.05) is 5.32 Å². The highest BCUT2D eigenvalue weighted by Gasteiger charge is 2.39. The maximum absolute atomic E-state index is 13.6. The number of carbonyl (C=O) groups excluding carboxylic acids is 1. The number of anilines is 1. The van der Waals surface area contributed by atoms with Crippen LogP contribution in [-0.4, -0.2) is 20.3 Å². The molecule has 31 heavy (non-hydrogen) atoms. The molecule has 0 amide bonds. The first kappa shape index (κ1) is 18.3. The lowest BCUT2D eigenvalue weighted by molar-refractivity contribution is -0.116. The summed E-state index contributed by atoms with van der Waals surface area (Å²) in [6.07, 6.45) is 4.79. The minimum atomic E-state index is -0.250. The molecule has 4 aromatic rings. The third kappa shape index (κ3) is 2.96. The van der Waals surface area contributed by atoms with Crippen LogP contribution in [0.1, 0.15) is 35.9 Å². The molecule has 1 N–H and O–H groups in total. The van der Waals surface area contributed by atoms with E-state index in [2.05, 4.69) is 14.9 Å². The lowest BCUT2D eigenvalue weighted by atomic mass is 9.78. The molecular formula is C25H19ClN4O. The Hall–Kier alpha value is -3.44. The van der Waals surface area contributed by atoms with E-state index in [4.69, 9.17) is 16.6 Å². The fraction of sp³-hybridized carbons (Fsp3) is 0.160. The Morgan fingerprint density at radius 3 is 2.71 bits per heavy atom. The van der Waals surface area contributed by atoms with E-state index in [0.29, 0.717) is 11.4 Å². The summed E-state index contributed by atoms with van der Waals surface area (Å²) in [7, 11) is 0. The largest absolute Gasteiger partial charge is 0.329 e. The number of hydrogen-bond donors (Lipinski definition) is 1. The SMILES string of the molecule is O=C1C[C@H](c2cccc(Cl)c2)CC2=C1[C@@H](c1cccnc1)n1c(nc3ccccc31)N2. The zero-order chi connectivity index (χ0) is 20.9. The molecule has 2 atom stereocenters. The van der Waals surface area contributed by atoms with Gasteiger partial charge in [0.15, 0.2) is 5.78 Å². The topological polar surface area (TPSA) is 59.8 Å². The molecule has 2 aromatic carbocycles. The summed E-state index contributed by atoms with van der Waals surface area (Å²) in [4.78, 5) is 22.7. The smallest absolute Gasteiger partial charge is 0.209 e. The van der Waals surface area contributed by atoms with Crippen molar-refractivity contribution in [1.29, 1.82) is 0 Å². The normalized spacial score (nSPS) is 20.4. The molecule has 0 fully saturated rings. The summed E-state index contributed by atoms with van der Waals surface area (Å²) in [5.74, 6) is 0.993. The maximum atomic E-state index is 13.6. The van der Waals surface area contributed by atoms with Crippen LogP contribution in [-0.2, 0) is 4.79 Å². The van der Waals surface area contributed by atoms with E-state index in [9.17, 15) is 4.79 Å². The number of nitrogens with one attached hydrogen (secondary N) is 1. The number of imidazole rings is 1. The predicted octanol–water partition coefficient (Wildman–Crippen LogP) is 5.50. The monoisotopic (exact) mass is 426 g/mol. The van der Waals surface area contributed by atoms with Crippen molar-refractivity contribution >= 4 is 34.4 Å². The third-order valence-electron chi connectivity index (χ3n) is 6.22. The molecule has 6 heteroatoms. The van der Waals surface area contributed by atoms with Crippen LogP contribution >= 0.6 is 11.6 Å². The average Bonchev–Trinajstić information content (AvgIpc) is 3.16. The van der Waals surface area contributed by atoms with Gasteiger partial charge in [-0.1, -0.05) is 41.9 Å². The molecule has 2 aromatic heterocycles. The van der Waals surface area contributed by atoms with Crippen molar-refractivity contribution in [2.24, 2.45) is 0 Å². The molecule has 5 nitrogen and oxygen atoms in total. The molecular weight excluding hydrogens is 408 g/mol. The number of ketones is 1. The molecule has 0 saturated heterocycles. The van der Waals surface area contributed by atoms with Crippen molar-refractivity contribution in [3.63, 3.8) is 0 Å². The summed E-state index contributed by atoms with van der Waals surface area (Å²) in [5.41, 5.74) is 5.72. The minimum absolute atomic E-state index is 0.0860. The van der Waals surface area contributed by atoms with E-state index in [1.54, 1.807) is 6.20 Å². The molecule has 1 aliphatic carbocycles. The van der Waals surface area contributed by atoms with E-state index in [1.807, 2.05) is 66.9 Å². The van der Waals surface area contributed by atoms with Crippen LogP contribution < -0.4 is 5.32 Å². The number of allylic oxidation sites excluding steroid dienone is 2. The zero-order valence-electron chi connectivity index (χ0n) is 16.6. The average molecular weight is 427 g/mol. The van der Waals surface area contributed by atoms with Crippen LogP contribution in [0.5, 0.6) is 0 Å². The Morgan fingerprint density at radius 2 is 1.87 bits per heavy atom. The van der Waals surface area contributed by atoms with Gasteiger partial charge in [0.2, 0.25) is 5.95 Å². The number of nitrogens with zero attached hydrogens (tertiary/aromatic N) is 3. The number of pyridine rings is 1. The molecule has 0 saturated carbocycles. The van der Waals surface area contributed by atoms with Crippen LogP contribution in [0, 0.1) is 0 Å². The van der Waals surface area contributed by atoms with Gasteiger partial charge in [0.05, 0.1) is 17.1 Å². The van der Waals surface area contributed by atoms with Crippen LogP contribution in [0.15, 0.2) is 84.3 Å². The van der Waals surface area contributed by atoms with E-state index in [0.717, 1.165) is 45.8 Å². The molecule has 152 valence electrons. The van der Waals surface area contributed by atoms with Crippen LogP contribution in [0.3, 0.4) is 0 Å². The Bertz CT molecular complexity index is 1360. The second kappa shape index (κ2) is 7.06. The first-order chi connectivity index (χ1) is 15.2. The minimum Gasteiger partial charge on any atom is -0.329 e. The Kier molecular flexibility index (Phi) is 4.18. The Morgan fingerprint density at radius 1 is 1.00 bits per heavy atom. The van der Waals surface area contributed by atoms with Gasteiger partial charge in [-0.25, -0.2) is 4.98 Å². The molecule has 3 heterocycles. The van der Waals surface area contributed by atoms with Gasteiger partial charge < -0.3 is 5.32 Å².